The van der Waals surface area contributed by atoms with Crippen molar-refractivity contribution in [3.63, 3.8) is 0 Å². The highest BCUT2D eigenvalue weighted by atomic mass is 35.5. The van der Waals surface area contributed by atoms with Gasteiger partial charge in [0.15, 0.2) is 6.10 Å². The second-order valence-electron chi connectivity index (χ2n) is 6.63. The van der Waals surface area contributed by atoms with Gasteiger partial charge >= 0.3 is 6.03 Å². The molecule has 1 saturated heterocycles. The van der Waals surface area contributed by atoms with Crippen molar-refractivity contribution in [1.82, 2.24) is 9.80 Å². The van der Waals surface area contributed by atoms with Crippen molar-refractivity contribution in [2.24, 2.45) is 0 Å². The molecule has 2 aromatic rings. The van der Waals surface area contributed by atoms with Gasteiger partial charge in [-0.2, -0.15) is 0 Å². The number of benzene rings is 2. The van der Waals surface area contributed by atoms with Gasteiger partial charge in [0.1, 0.15) is 0 Å². The van der Waals surface area contributed by atoms with Crippen LogP contribution in [0.2, 0.25) is 5.02 Å². The first-order valence-corrected chi connectivity index (χ1v) is 9.64. The summed E-state index contributed by atoms with van der Waals surface area (Å²) in [4.78, 5) is 29.0. The summed E-state index contributed by atoms with van der Waals surface area (Å²) >= 11 is 5.97. The average Bonchev–Trinajstić information content (AvgIpc) is 2.96. The minimum absolute atomic E-state index is 0.0780. The molecule has 0 aliphatic carbocycles. The van der Waals surface area contributed by atoms with Crippen LogP contribution < -0.4 is 5.32 Å². The zero-order chi connectivity index (χ0) is 19.9. The molecule has 0 aromatic heterocycles. The van der Waals surface area contributed by atoms with E-state index in [-0.39, 0.29) is 11.9 Å². The minimum atomic E-state index is -0.631. The predicted molar refractivity (Wildman–Crippen MR) is 109 cm³/mol. The molecule has 2 aromatic carbocycles. The Kier molecular flexibility index (Phi) is 6.90. The highest BCUT2D eigenvalue weighted by molar-refractivity contribution is 6.30. The molecule has 1 fully saturated rings. The van der Waals surface area contributed by atoms with E-state index in [4.69, 9.17) is 16.3 Å². The fraction of sp³-hybridized carbons (Fsp3) is 0.333. The lowest BCUT2D eigenvalue weighted by atomic mass is 10.1. The Bertz CT molecular complexity index is 816. The molecule has 6 nitrogen and oxygen atoms in total. The van der Waals surface area contributed by atoms with E-state index in [9.17, 15) is 9.59 Å². The number of hydrogen-bond donors (Lipinski definition) is 1. The topological polar surface area (TPSA) is 61.9 Å². The van der Waals surface area contributed by atoms with Gasteiger partial charge in [-0.05, 0) is 30.2 Å². The lowest BCUT2D eigenvalue weighted by Crippen LogP contribution is -2.41. The predicted octanol–water partition coefficient (Wildman–Crippen LogP) is 3.79. The molecule has 0 spiro atoms. The second kappa shape index (κ2) is 9.57. The molecule has 1 aliphatic heterocycles. The standard InChI is InChI=1S/C21H24ClN3O3/c1-28-19(16-7-3-2-4-8-16)20(26)24-11-6-12-25(14-13-24)21(27)23-18-10-5-9-17(22)15-18/h2-5,7-10,15,19H,6,11-14H2,1H3,(H,23,27). The van der Waals surface area contributed by atoms with Crippen LogP contribution in [0.15, 0.2) is 54.6 Å². The van der Waals surface area contributed by atoms with Crippen molar-refractivity contribution in [3.8, 4) is 0 Å². The van der Waals surface area contributed by atoms with Gasteiger partial charge in [-0.1, -0.05) is 48.0 Å². The first-order valence-electron chi connectivity index (χ1n) is 9.26. The number of carbonyl (C=O) groups excluding carboxylic acids is 2. The molecule has 3 amide bonds. The fourth-order valence-electron chi connectivity index (χ4n) is 3.28. The molecule has 0 bridgehead atoms. The maximum atomic E-state index is 13.0. The number of hydrogen-bond acceptors (Lipinski definition) is 3. The Balaban J connectivity index is 1.61. The van der Waals surface area contributed by atoms with Crippen molar-refractivity contribution in [3.05, 3.63) is 65.2 Å². The van der Waals surface area contributed by atoms with E-state index in [0.29, 0.717) is 43.3 Å². The second-order valence-corrected chi connectivity index (χ2v) is 7.07. The zero-order valence-corrected chi connectivity index (χ0v) is 16.6. The summed E-state index contributed by atoms with van der Waals surface area (Å²) in [5, 5.41) is 3.43. The molecule has 0 saturated carbocycles. The summed E-state index contributed by atoms with van der Waals surface area (Å²) < 4.78 is 5.46. The van der Waals surface area contributed by atoms with Crippen LogP contribution in [0, 0.1) is 0 Å². The van der Waals surface area contributed by atoms with Gasteiger partial charge in [0.05, 0.1) is 0 Å². The third kappa shape index (κ3) is 5.03. The highest BCUT2D eigenvalue weighted by Crippen LogP contribution is 2.21. The zero-order valence-electron chi connectivity index (χ0n) is 15.8. The van der Waals surface area contributed by atoms with Crippen molar-refractivity contribution in [2.75, 3.05) is 38.6 Å². The van der Waals surface area contributed by atoms with E-state index in [2.05, 4.69) is 5.32 Å². The normalized spacial score (nSPS) is 15.6. The minimum Gasteiger partial charge on any atom is -0.367 e. The number of anilines is 1. The molecule has 3 rings (SSSR count). The number of ether oxygens (including phenoxy) is 1. The molecule has 1 N–H and O–H groups in total. The van der Waals surface area contributed by atoms with Crippen LogP contribution in [0.25, 0.3) is 0 Å². The number of amides is 3. The average molecular weight is 402 g/mol. The quantitative estimate of drug-likeness (QED) is 0.847. The van der Waals surface area contributed by atoms with Gasteiger partial charge in [-0.25, -0.2) is 4.79 Å². The number of halogens is 1. The number of rotatable bonds is 4. The van der Waals surface area contributed by atoms with Crippen molar-refractivity contribution < 1.29 is 14.3 Å². The molecule has 1 atom stereocenters. The van der Waals surface area contributed by atoms with Gasteiger partial charge in [0, 0.05) is 44.0 Å². The highest BCUT2D eigenvalue weighted by Gasteiger charge is 2.28. The molecule has 0 radical (unpaired) electrons. The van der Waals surface area contributed by atoms with Crippen molar-refractivity contribution in [2.45, 2.75) is 12.5 Å². The number of nitrogens with one attached hydrogen (secondary N) is 1. The Hall–Kier alpha value is -2.57. The molecule has 1 heterocycles. The van der Waals surface area contributed by atoms with Crippen LogP contribution in [-0.2, 0) is 9.53 Å². The van der Waals surface area contributed by atoms with E-state index in [1.807, 2.05) is 30.3 Å². The summed E-state index contributed by atoms with van der Waals surface area (Å²) in [6, 6.07) is 16.3. The first-order chi connectivity index (χ1) is 13.6. The van der Waals surface area contributed by atoms with E-state index >= 15 is 0 Å². The van der Waals surface area contributed by atoms with Crippen LogP contribution in [0.4, 0.5) is 10.5 Å². The van der Waals surface area contributed by atoms with Crippen LogP contribution in [-0.4, -0.2) is 55.0 Å². The molecule has 1 aliphatic rings. The van der Waals surface area contributed by atoms with Crippen LogP contribution in [0.3, 0.4) is 0 Å². The lowest BCUT2D eigenvalue weighted by Gasteiger charge is -2.26. The number of carbonyl (C=O) groups is 2. The molecular formula is C21H24ClN3O3. The van der Waals surface area contributed by atoms with Gasteiger partial charge in [0.2, 0.25) is 0 Å². The molecule has 148 valence electrons. The van der Waals surface area contributed by atoms with Gasteiger partial charge in [-0.15, -0.1) is 0 Å². The smallest absolute Gasteiger partial charge is 0.321 e. The monoisotopic (exact) mass is 401 g/mol. The first kappa shape index (κ1) is 20.2. The maximum absolute atomic E-state index is 13.0. The molecule has 28 heavy (non-hydrogen) atoms. The maximum Gasteiger partial charge on any atom is 0.321 e. The third-order valence-corrected chi connectivity index (χ3v) is 4.97. The Morgan fingerprint density at radius 1 is 1.00 bits per heavy atom. The Morgan fingerprint density at radius 2 is 1.71 bits per heavy atom. The van der Waals surface area contributed by atoms with Crippen molar-refractivity contribution in [1.29, 1.82) is 0 Å². The van der Waals surface area contributed by atoms with E-state index in [1.165, 1.54) is 7.11 Å². The summed E-state index contributed by atoms with van der Waals surface area (Å²) in [5.41, 5.74) is 1.48. The van der Waals surface area contributed by atoms with Crippen LogP contribution in [0.1, 0.15) is 18.1 Å². The summed E-state index contributed by atoms with van der Waals surface area (Å²) in [5.74, 6) is -0.0780. The van der Waals surface area contributed by atoms with Gasteiger partial charge in [-0.3, -0.25) is 4.79 Å². The largest absolute Gasteiger partial charge is 0.367 e. The summed E-state index contributed by atoms with van der Waals surface area (Å²) in [6.45, 7) is 2.10. The molecular weight excluding hydrogens is 378 g/mol. The Labute approximate surface area is 170 Å². The van der Waals surface area contributed by atoms with E-state index < -0.39 is 6.10 Å². The Morgan fingerprint density at radius 3 is 2.43 bits per heavy atom. The van der Waals surface area contributed by atoms with Crippen LogP contribution in [0.5, 0.6) is 0 Å². The van der Waals surface area contributed by atoms with Gasteiger partial charge < -0.3 is 19.9 Å². The van der Waals surface area contributed by atoms with Crippen molar-refractivity contribution >= 4 is 29.2 Å². The number of nitrogens with zero attached hydrogens (tertiary/aromatic N) is 2. The SMILES string of the molecule is COC(C(=O)N1CCCN(C(=O)Nc2cccc(Cl)c2)CC1)c1ccccc1. The fourth-order valence-corrected chi connectivity index (χ4v) is 3.47. The summed E-state index contributed by atoms with van der Waals surface area (Å²) in [7, 11) is 1.54. The van der Waals surface area contributed by atoms with E-state index in [1.54, 1.807) is 34.1 Å². The lowest BCUT2D eigenvalue weighted by molar-refractivity contribution is -0.142. The summed E-state index contributed by atoms with van der Waals surface area (Å²) in [6.07, 6.45) is 0.0768. The van der Waals surface area contributed by atoms with Crippen LogP contribution >= 0.6 is 11.6 Å². The number of methoxy groups -OCH3 is 1. The van der Waals surface area contributed by atoms with Gasteiger partial charge in [0.25, 0.3) is 5.91 Å². The third-order valence-electron chi connectivity index (χ3n) is 4.73. The van der Waals surface area contributed by atoms with E-state index in [0.717, 1.165) is 5.56 Å². The molecule has 1 unspecified atom stereocenters. The molecule has 7 heteroatoms. The number of urea groups is 1.